The molecule has 0 aromatic heterocycles. The van der Waals surface area contributed by atoms with Crippen LogP contribution < -0.4 is 0 Å². The molecule has 0 spiro atoms. The van der Waals surface area contributed by atoms with Crippen LogP contribution in [0.25, 0.3) is 0 Å². The van der Waals surface area contributed by atoms with Crippen LogP contribution in [0.5, 0.6) is 0 Å². The summed E-state index contributed by atoms with van der Waals surface area (Å²) in [5.41, 5.74) is 0.652. The first-order valence-corrected chi connectivity index (χ1v) is 9.32. The van der Waals surface area contributed by atoms with Crippen LogP contribution in [0.3, 0.4) is 0 Å². The van der Waals surface area contributed by atoms with Gasteiger partial charge in [-0.05, 0) is 43.2 Å². The molecule has 0 saturated heterocycles. The Morgan fingerprint density at radius 1 is 1.04 bits per heavy atom. The van der Waals surface area contributed by atoms with E-state index in [-0.39, 0.29) is 12.1 Å². The number of hydrogen-bond donors (Lipinski definition) is 0. The van der Waals surface area contributed by atoms with Gasteiger partial charge in [0, 0.05) is 0 Å². The van der Waals surface area contributed by atoms with Crippen LogP contribution >= 0.6 is 0 Å². The van der Waals surface area contributed by atoms with Crippen molar-refractivity contribution in [3.63, 3.8) is 0 Å². The summed E-state index contributed by atoms with van der Waals surface area (Å²) in [5, 5.41) is 0. The minimum absolute atomic E-state index is 0.0402. The number of carbonyl (C=O) groups is 1. The molecule has 1 rings (SSSR count). The Kier molecular flexibility index (Phi) is 9.66. The summed E-state index contributed by atoms with van der Waals surface area (Å²) >= 11 is 0. The first-order chi connectivity index (χ1) is 11.1. The molecule has 0 aliphatic rings. The van der Waals surface area contributed by atoms with Crippen LogP contribution in [-0.2, 0) is 4.74 Å². The van der Waals surface area contributed by atoms with Gasteiger partial charge in [-0.2, -0.15) is 0 Å². The second-order valence-electron chi connectivity index (χ2n) is 7.02. The third-order valence-corrected chi connectivity index (χ3v) is 4.46. The Morgan fingerprint density at radius 2 is 1.74 bits per heavy atom. The summed E-state index contributed by atoms with van der Waals surface area (Å²) < 4.78 is 5.81. The van der Waals surface area contributed by atoms with Crippen LogP contribution in [0.15, 0.2) is 30.3 Å². The van der Waals surface area contributed by atoms with Gasteiger partial charge in [0.2, 0.25) is 0 Å². The minimum atomic E-state index is -0.183. The van der Waals surface area contributed by atoms with E-state index in [4.69, 9.17) is 4.74 Å². The molecule has 2 heteroatoms. The van der Waals surface area contributed by atoms with E-state index in [1.807, 2.05) is 30.3 Å². The van der Waals surface area contributed by atoms with Crippen molar-refractivity contribution in [2.24, 2.45) is 11.8 Å². The summed E-state index contributed by atoms with van der Waals surface area (Å²) in [7, 11) is 0. The summed E-state index contributed by atoms with van der Waals surface area (Å²) in [4.78, 5) is 12.3. The highest BCUT2D eigenvalue weighted by Gasteiger charge is 2.19. The zero-order valence-corrected chi connectivity index (χ0v) is 15.4. The molecule has 130 valence electrons. The highest BCUT2D eigenvalue weighted by atomic mass is 16.5. The predicted octanol–water partition coefficient (Wildman–Crippen LogP) is 6.25. The van der Waals surface area contributed by atoms with Gasteiger partial charge in [-0.25, -0.2) is 4.79 Å². The number of benzene rings is 1. The maximum atomic E-state index is 12.3. The van der Waals surface area contributed by atoms with Crippen molar-refractivity contribution < 1.29 is 9.53 Å². The molecule has 0 saturated carbocycles. The van der Waals surface area contributed by atoms with Crippen molar-refractivity contribution in [3.05, 3.63) is 35.9 Å². The average molecular weight is 319 g/mol. The van der Waals surface area contributed by atoms with Gasteiger partial charge < -0.3 is 4.74 Å². The van der Waals surface area contributed by atoms with Gasteiger partial charge in [0.1, 0.15) is 6.10 Å². The molecule has 0 heterocycles. The lowest BCUT2D eigenvalue weighted by atomic mass is 9.91. The monoisotopic (exact) mass is 318 g/mol. The Morgan fingerprint density at radius 3 is 2.30 bits per heavy atom. The van der Waals surface area contributed by atoms with Gasteiger partial charge in [0.15, 0.2) is 0 Å². The van der Waals surface area contributed by atoms with Crippen molar-refractivity contribution in [2.45, 2.75) is 78.7 Å². The molecule has 2 nitrogen and oxygen atoms in total. The molecule has 0 aliphatic carbocycles. The largest absolute Gasteiger partial charge is 0.459 e. The highest BCUT2D eigenvalue weighted by Crippen LogP contribution is 2.23. The first-order valence-electron chi connectivity index (χ1n) is 9.32. The van der Waals surface area contributed by atoms with E-state index in [0.717, 1.165) is 25.2 Å². The Labute approximate surface area is 142 Å². The minimum Gasteiger partial charge on any atom is -0.459 e. The van der Waals surface area contributed by atoms with E-state index in [9.17, 15) is 4.79 Å². The molecule has 0 bridgehead atoms. The lowest BCUT2D eigenvalue weighted by Crippen LogP contribution is -2.21. The zero-order chi connectivity index (χ0) is 17.1. The molecule has 23 heavy (non-hydrogen) atoms. The number of rotatable bonds is 11. The molecule has 0 fully saturated rings. The van der Waals surface area contributed by atoms with Gasteiger partial charge in [-0.3, -0.25) is 0 Å². The lowest BCUT2D eigenvalue weighted by molar-refractivity contribution is 0.0213. The van der Waals surface area contributed by atoms with Crippen LogP contribution in [0.1, 0.15) is 83.0 Å². The second-order valence-corrected chi connectivity index (χ2v) is 7.02. The summed E-state index contributed by atoms with van der Waals surface area (Å²) in [6.07, 6.45) is 8.22. The summed E-state index contributed by atoms with van der Waals surface area (Å²) in [5.74, 6) is 1.12. The fourth-order valence-electron chi connectivity index (χ4n) is 3.01. The molecule has 1 aromatic carbocycles. The number of esters is 1. The standard InChI is InChI=1S/C21H34O2/c1-5-7-11-18(6-2)14-15-20(16-17(3)4)23-21(22)19-12-9-8-10-13-19/h8-10,12-13,17-18,20H,5-7,11,14-16H2,1-4H3. The fraction of sp³-hybridized carbons (Fsp3) is 0.667. The topological polar surface area (TPSA) is 26.3 Å². The second kappa shape index (κ2) is 11.3. The van der Waals surface area contributed by atoms with E-state index in [1.54, 1.807) is 0 Å². The van der Waals surface area contributed by atoms with Crippen molar-refractivity contribution in [1.29, 1.82) is 0 Å². The fourth-order valence-corrected chi connectivity index (χ4v) is 3.01. The maximum absolute atomic E-state index is 12.3. The van der Waals surface area contributed by atoms with Crippen molar-refractivity contribution >= 4 is 5.97 Å². The van der Waals surface area contributed by atoms with E-state index in [1.165, 1.54) is 25.7 Å². The van der Waals surface area contributed by atoms with Crippen LogP contribution in [-0.4, -0.2) is 12.1 Å². The summed E-state index contributed by atoms with van der Waals surface area (Å²) in [6.45, 7) is 8.90. The zero-order valence-electron chi connectivity index (χ0n) is 15.4. The Hall–Kier alpha value is -1.31. The summed E-state index contributed by atoms with van der Waals surface area (Å²) in [6, 6.07) is 9.33. The van der Waals surface area contributed by atoms with Gasteiger partial charge in [0.25, 0.3) is 0 Å². The molecule has 2 unspecified atom stereocenters. The molecule has 0 radical (unpaired) electrons. The van der Waals surface area contributed by atoms with E-state index in [2.05, 4.69) is 27.7 Å². The molecule has 0 aliphatic heterocycles. The SMILES string of the molecule is CCCCC(CC)CCC(CC(C)C)OC(=O)c1ccccc1. The number of unbranched alkanes of at least 4 members (excludes halogenated alkanes) is 1. The number of carbonyl (C=O) groups excluding carboxylic acids is 1. The average Bonchev–Trinajstić information content (AvgIpc) is 2.55. The smallest absolute Gasteiger partial charge is 0.338 e. The Bertz CT molecular complexity index is 425. The van der Waals surface area contributed by atoms with Crippen LogP contribution in [0.2, 0.25) is 0 Å². The molecular weight excluding hydrogens is 284 g/mol. The molecule has 1 aromatic rings. The van der Waals surface area contributed by atoms with Gasteiger partial charge in [-0.15, -0.1) is 0 Å². The maximum Gasteiger partial charge on any atom is 0.338 e. The molecule has 0 amide bonds. The predicted molar refractivity (Wildman–Crippen MR) is 97.6 cm³/mol. The van der Waals surface area contributed by atoms with Crippen molar-refractivity contribution in [2.75, 3.05) is 0 Å². The lowest BCUT2D eigenvalue weighted by Gasteiger charge is -2.22. The number of hydrogen-bond acceptors (Lipinski definition) is 2. The molecule has 0 N–H and O–H groups in total. The third-order valence-electron chi connectivity index (χ3n) is 4.46. The van der Waals surface area contributed by atoms with Crippen molar-refractivity contribution in [3.8, 4) is 0 Å². The van der Waals surface area contributed by atoms with Crippen LogP contribution in [0, 0.1) is 11.8 Å². The number of ether oxygens (including phenoxy) is 1. The van der Waals surface area contributed by atoms with E-state index in [0.29, 0.717) is 11.5 Å². The van der Waals surface area contributed by atoms with Crippen LogP contribution in [0.4, 0.5) is 0 Å². The third kappa shape index (κ3) is 8.20. The van der Waals surface area contributed by atoms with Gasteiger partial charge in [0.05, 0.1) is 5.56 Å². The normalized spacial score (nSPS) is 13.8. The molecule has 2 atom stereocenters. The quantitative estimate of drug-likeness (QED) is 0.450. The van der Waals surface area contributed by atoms with Gasteiger partial charge >= 0.3 is 5.97 Å². The molecular formula is C21H34O2. The van der Waals surface area contributed by atoms with E-state index < -0.39 is 0 Å². The first kappa shape index (κ1) is 19.7. The van der Waals surface area contributed by atoms with Gasteiger partial charge in [-0.1, -0.05) is 71.6 Å². The van der Waals surface area contributed by atoms with E-state index >= 15 is 0 Å². The van der Waals surface area contributed by atoms with Crippen molar-refractivity contribution in [1.82, 2.24) is 0 Å². The Balaban J connectivity index is 2.56. The highest BCUT2D eigenvalue weighted by molar-refractivity contribution is 5.89.